The van der Waals surface area contributed by atoms with E-state index in [4.69, 9.17) is 9.47 Å². The fraction of sp³-hybridized carbons (Fsp3) is 0.625. The minimum atomic E-state index is -0.528. The first-order valence-corrected chi connectivity index (χ1v) is 8.39. The van der Waals surface area contributed by atoms with Gasteiger partial charge in [0.15, 0.2) is 0 Å². The number of anilines is 1. The first-order chi connectivity index (χ1) is 12.2. The number of methoxy groups -OCH3 is 1. The molecule has 136 valence electrons. The number of esters is 1. The number of aromatic nitrogens is 2. The number of nitrogens with zero attached hydrogens (tertiary/aromatic N) is 4. The van der Waals surface area contributed by atoms with Gasteiger partial charge >= 0.3 is 5.97 Å². The maximum Gasteiger partial charge on any atom is 0.307 e. The van der Waals surface area contributed by atoms with Gasteiger partial charge in [-0.15, -0.1) is 0 Å². The van der Waals surface area contributed by atoms with Crippen LogP contribution in [0.2, 0.25) is 0 Å². The molecule has 2 fully saturated rings. The number of carbonyl (C=O) groups excluding carboxylic acids is 2. The van der Waals surface area contributed by atoms with E-state index < -0.39 is 12.0 Å². The second-order valence-electron chi connectivity index (χ2n) is 6.05. The molecule has 2 saturated heterocycles. The summed E-state index contributed by atoms with van der Waals surface area (Å²) in [5.74, 6) is 0.142. The normalized spacial score (nSPS) is 21.7. The average Bonchev–Trinajstić information content (AvgIpc) is 2.65. The van der Waals surface area contributed by atoms with E-state index in [9.17, 15) is 9.59 Å². The Bertz CT molecular complexity index is 603. The lowest BCUT2D eigenvalue weighted by molar-refractivity contribution is -0.146. The lowest BCUT2D eigenvalue weighted by atomic mass is 10.1. The zero-order valence-corrected chi connectivity index (χ0v) is 14.3. The quantitative estimate of drug-likeness (QED) is 0.689. The molecule has 1 atom stereocenters. The van der Waals surface area contributed by atoms with E-state index in [2.05, 4.69) is 20.2 Å². The highest BCUT2D eigenvalue weighted by Gasteiger charge is 2.32. The van der Waals surface area contributed by atoms with Crippen LogP contribution in [0.25, 0.3) is 0 Å². The van der Waals surface area contributed by atoms with Crippen molar-refractivity contribution < 1.29 is 19.1 Å². The molecule has 0 bridgehead atoms. The van der Waals surface area contributed by atoms with Crippen molar-refractivity contribution in [3.05, 3.63) is 18.0 Å². The number of morpholine rings is 1. The molecule has 2 aliphatic rings. The summed E-state index contributed by atoms with van der Waals surface area (Å²) in [6.07, 6.45) is 3.59. The van der Waals surface area contributed by atoms with Gasteiger partial charge < -0.3 is 19.7 Å². The van der Waals surface area contributed by atoms with Gasteiger partial charge in [0.2, 0.25) is 11.9 Å². The molecule has 25 heavy (non-hydrogen) atoms. The Kier molecular flexibility index (Phi) is 5.77. The van der Waals surface area contributed by atoms with Crippen molar-refractivity contribution in [1.82, 2.24) is 20.2 Å². The van der Waals surface area contributed by atoms with Crippen molar-refractivity contribution in [3.8, 4) is 0 Å². The number of rotatable bonds is 5. The molecule has 2 aliphatic heterocycles. The Hall–Kier alpha value is -2.26. The fourth-order valence-corrected chi connectivity index (χ4v) is 3.01. The minimum absolute atomic E-state index is 0.0368. The Balaban J connectivity index is 1.64. The van der Waals surface area contributed by atoms with Crippen LogP contribution >= 0.6 is 0 Å². The Morgan fingerprint density at radius 3 is 2.72 bits per heavy atom. The maximum absolute atomic E-state index is 12.1. The third-order valence-corrected chi connectivity index (χ3v) is 4.40. The second-order valence-corrected chi connectivity index (χ2v) is 6.05. The summed E-state index contributed by atoms with van der Waals surface area (Å²) >= 11 is 0. The predicted octanol–water partition coefficient (Wildman–Crippen LogP) is -0.823. The summed E-state index contributed by atoms with van der Waals surface area (Å²) in [5, 5.41) is 2.79. The molecular weight excluding hydrogens is 326 g/mol. The summed E-state index contributed by atoms with van der Waals surface area (Å²) in [4.78, 5) is 36.6. The molecule has 3 heterocycles. The van der Waals surface area contributed by atoms with Crippen molar-refractivity contribution in [2.45, 2.75) is 19.0 Å². The maximum atomic E-state index is 12.1. The lowest BCUT2D eigenvalue weighted by Gasteiger charge is -2.34. The van der Waals surface area contributed by atoms with Crippen LogP contribution in [0.15, 0.2) is 12.4 Å². The Labute approximate surface area is 146 Å². The van der Waals surface area contributed by atoms with Crippen LogP contribution in [-0.2, 0) is 25.6 Å². The van der Waals surface area contributed by atoms with Crippen LogP contribution in [0.5, 0.6) is 0 Å². The van der Waals surface area contributed by atoms with E-state index in [1.165, 1.54) is 7.11 Å². The van der Waals surface area contributed by atoms with Gasteiger partial charge in [-0.1, -0.05) is 0 Å². The topological polar surface area (TPSA) is 96.9 Å². The highest BCUT2D eigenvalue weighted by Crippen LogP contribution is 2.15. The van der Waals surface area contributed by atoms with Gasteiger partial charge in [0.1, 0.15) is 6.04 Å². The van der Waals surface area contributed by atoms with Gasteiger partial charge in [0, 0.05) is 50.7 Å². The van der Waals surface area contributed by atoms with Gasteiger partial charge in [0.25, 0.3) is 0 Å². The average molecular weight is 349 g/mol. The molecule has 0 saturated carbocycles. The second kappa shape index (κ2) is 8.21. The third kappa shape index (κ3) is 4.43. The molecule has 0 aliphatic carbocycles. The van der Waals surface area contributed by atoms with Crippen LogP contribution in [0.1, 0.15) is 12.0 Å². The first kappa shape index (κ1) is 17.6. The Morgan fingerprint density at radius 2 is 2.04 bits per heavy atom. The van der Waals surface area contributed by atoms with E-state index in [0.29, 0.717) is 38.8 Å². The SMILES string of the molecule is COC(=O)C[C@H]1C(=O)NCCN1Cc1cnc(N2CCOCC2)nc1. The molecule has 0 aromatic carbocycles. The van der Waals surface area contributed by atoms with Gasteiger partial charge in [0.05, 0.1) is 26.7 Å². The van der Waals surface area contributed by atoms with Crippen LogP contribution in [0, 0.1) is 0 Å². The fourth-order valence-electron chi connectivity index (χ4n) is 3.01. The van der Waals surface area contributed by atoms with Gasteiger partial charge in [-0.25, -0.2) is 9.97 Å². The molecule has 9 nitrogen and oxygen atoms in total. The van der Waals surface area contributed by atoms with E-state index in [0.717, 1.165) is 18.7 Å². The molecule has 1 amide bonds. The van der Waals surface area contributed by atoms with Crippen LogP contribution in [0.3, 0.4) is 0 Å². The smallest absolute Gasteiger partial charge is 0.307 e. The molecule has 1 N–H and O–H groups in total. The number of hydrogen-bond acceptors (Lipinski definition) is 8. The van der Waals surface area contributed by atoms with Gasteiger partial charge in [-0.3, -0.25) is 14.5 Å². The van der Waals surface area contributed by atoms with Crippen LogP contribution in [0.4, 0.5) is 5.95 Å². The predicted molar refractivity (Wildman–Crippen MR) is 88.9 cm³/mol. The van der Waals surface area contributed by atoms with E-state index in [-0.39, 0.29) is 12.3 Å². The minimum Gasteiger partial charge on any atom is -0.469 e. The third-order valence-electron chi connectivity index (χ3n) is 4.40. The first-order valence-electron chi connectivity index (χ1n) is 8.39. The molecule has 1 aromatic heterocycles. The molecule has 3 rings (SSSR count). The van der Waals surface area contributed by atoms with Crippen molar-refractivity contribution >= 4 is 17.8 Å². The van der Waals surface area contributed by atoms with Gasteiger partial charge in [-0.2, -0.15) is 0 Å². The molecule has 1 aromatic rings. The lowest BCUT2D eigenvalue weighted by Crippen LogP contribution is -2.55. The number of carbonyl (C=O) groups is 2. The number of ether oxygens (including phenoxy) is 2. The molecule has 9 heteroatoms. The van der Waals surface area contributed by atoms with E-state index in [1.807, 2.05) is 4.90 Å². The van der Waals surface area contributed by atoms with Crippen LogP contribution < -0.4 is 10.2 Å². The van der Waals surface area contributed by atoms with E-state index in [1.54, 1.807) is 12.4 Å². The van der Waals surface area contributed by atoms with E-state index >= 15 is 0 Å². The summed E-state index contributed by atoms with van der Waals surface area (Å²) in [7, 11) is 1.33. The van der Waals surface area contributed by atoms with Gasteiger partial charge in [-0.05, 0) is 0 Å². The van der Waals surface area contributed by atoms with Crippen molar-refractivity contribution in [2.24, 2.45) is 0 Å². The zero-order valence-electron chi connectivity index (χ0n) is 14.3. The standard InChI is InChI=1S/C16H23N5O4/c1-24-14(22)8-13-15(23)17-2-3-21(13)11-12-9-18-16(19-10-12)20-4-6-25-7-5-20/h9-10,13H,2-8,11H2,1H3,(H,17,23)/t13-/m0/s1. The van der Waals surface area contributed by atoms with Crippen molar-refractivity contribution in [3.63, 3.8) is 0 Å². The Morgan fingerprint density at radius 1 is 1.32 bits per heavy atom. The number of piperazine rings is 1. The largest absolute Gasteiger partial charge is 0.469 e. The molecule has 0 unspecified atom stereocenters. The zero-order chi connectivity index (χ0) is 17.6. The summed E-state index contributed by atoms with van der Waals surface area (Å²) in [6, 6.07) is -0.528. The number of nitrogens with one attached hydrogen (secondary N) is 1. The van der Waals surface area contributed by atoms with Crippen molar-refractivity contribution in [2.75, 3.05) is 51.4 Å². The van der Waals surface area contributed by atoms with Crippen LogP contribution in [-0.4, -0.2) is 79.3 Å². The van der Waals surface area contributed by atoms with Crippen molar-refractivity contribution in [1.29, 1.82) is 0 Å². The number of hydrogen-bond donors (Lipinski definition) is 1. The molecule has 0 radical (unpaired) electrons. The molecule has 0 spiro atoms. The highest BCUT2D eigenvalue weighted by atomic mass is 16.5. The highest BCUT2D eigenvalue weighted by molar-refractivity contribution is 5.87. The number of amides is 1. The summed E-state index contributed by atoms with van der Waals surface area (Å²) in [5.41, 5.74) is 0.904. The monoisotopic (exact) mass is 349 g/mol. The summed E-state index contributed by atoms with van der Waals surface area (Å²) < 4.78 is 10.0. The molecular formula is C16H23N5O4. The summed E-state index contributed by atoms with van der Waals surface area (Å²) in [6.45, 7) is 4.67.